The van der Waals surface area contributed by atoms with E-state index in [1.165, 1.54) is 28.5 Å². The zero-order chi connectivity index (χ0) is 21.0. The van der Waals surface area contributed by atoms with Crippen LogP contribution >= 0.6 is 0 Å². The first-order valence-electron chi connectivity index (χ1n) is 10.1. The van der Waals surface area contributed by atoms with Crippen LogP contribution in [0.2, 0.25) is 0 Å². The van der Waals surface area contributed by atoms with Crippen molar-refractivity contribution in [2.24, 2.45) is 9.50 Å². The molecule has 9 nitrogen and oxygen atoms in total. The van der Waals surface area contributed by atoms with Gasteiger partial charge in [0.2, 0.25) is 5.88 Å². The number of nitrogens with one attached hydrogen (secondary N) is 1. The fourth-order valence-electron chi connectivity index (χ4n) is 4.77. The molecule has 1 aliphatic heterocycles. The summed E-state index contributed by atoms with van der Waals surface area (Å²) in [4.78, 5) is 12.9. The van der Waals surface area contributed by atoms with Crippen LogP contribution in [0.15, 0.2) is 21.5 Å². The van der Waals surface area contributed by atoms with E-state index in [0.29, 0.717) is 19.1 Å². The van der Waals surface area contributed by atoms with E-state index in [2.05, 4.69) is 27.8 Å². The van der Waals surface area contributed by atoms with Gasteiger partial charge < -0.3 is 14.8 Å². The highest BCUT2D eigenvalue weighted by molar-refractivity contribution is 7.91. The molecule has 2 heterocycles. The number of rotatable bonds is 4. The molecule has 0 fully saturated rings. The lowest BCUT2D eigenvalue weighted by Gasteiger charge is -2.31. The molecule has 2 aliphatic carbocycles. The molecule has 1 aromatic heterocycles. The Kier molecular flexibility index (Phi) is 4.60. The van der Waals surface area contributed by atoms with E-state index in [0.717, 1.165) is 31.4 Å². The third kappa shape index (κ3) is 3.10. The number of nitrogens with zero attached hydrogens (tertiary/aromatic N) is 3. The van der Waals surface area contributed by atoms with Crippen molar-refractivity contribution in [3.63, 3.8) is 0 Å². The Balaban J connectivity index is 1.44. The minimum absolute atomic E-state index is 0.121. The van der Waals surface area contributed by atoms with E-state index in [9.17, 15) is 9.00 Å². The Labute approximate surface area is 175 Å². The summed E-state index contributed by atoms with van der Waals surface area (Å²) in [5.74, 6) is 0.660. The minimum Gasteiger partial charge on any atom is -0.469 e. The van der Waals surface area contributed by atoms with E-state index in [1.807, 2.05) is 0 Å². The predicted molar refractivity (Wildman–Crippen MR) is 111 cm³/mol. The van der Waals surface area contributed by atoms with E-state index in [1.54, 1.807) is 11.8 Å². The summed E-state index contributed by atoms with van der Waals surface area (Å²) < 4.78 is 29.4. The summed E-state index contributed by atoms with van der Waals surface area (Å²) >= 11 is 0. The lowest BCUT2D eigenvalue weighted by Crippen LogP contribution is -2.23. The third-order valence-corrected chi connectivity index (χ3v) is 7.42. The number of hydrogen-bond acceptors (Lipinski definition) is 5. The van der Waals surface area contributed by atoms with Gasteiger partial charge in [-0.1, -0.05) is 13.0 Å². The van der Waals surface area contributed by atoms with Crippen molar-refractivity contribution in [1.82, 2.24) is 9.78 Å². The van der Waals surface area contributed by atoms with Crippen molar-refractivity contribution in [3.8, 4) is 5.88 Å². The summed E-state index contributed by atoms with van der Waals surface area (Å²) in [6.07, 6.45) is 5.14. The second-order valence-corrected chi connectivity index (χ2v) is 9.96. The molecule has 0 saturated heterocycles. The Bertz CT molecular complexity index is 1160. The molecule has 160 valence electrons. The van der Waals surface area contributed by atoms with Gasteiger partial charge in [0, 0.05) is 12.8 Å². The lowest BCUT2D eigenvalue weighted by atomic mass is 9.75. The van der Waals surface area contributed by atoms with E-state index in [4.69, 9.17) is 14.6 Å². The highest BCUT2D eigenvalue weighted by Gasteiger charge is 2.33. The van der Waals surface area contributed by atoms with Crippen LogP contribution in [0.3, 0.4) is 0 Å². The minimum atomic E-state index is -3.52. The van der Waals surface area contributed by atoms with Gasteiger partial charge in [-0.3, -0.25) is 0 Å². The number of anilines is 1. The van der Waals surface area contributed by atoms with Gasteiger partial charge >= 0.3 is 6.03 Å². The maximum absolute atomic E-state index is 13.1. The molecule has 0 bridgehead atoms. The number of fused-ring (bicyclic) bond motifs is 3. The molecule has 0 spiro atoms. The zero-order valence-electron chi connectivity index (χ0n) is 17.0. The lowest BCUT2D eigenvalue weighted by molar-refractivity contribution is 0.0920. The molecule has 0 radical (unpaired) electrons. The van der Waals surface area contributed by atoms with Gasteiger partial charge in [0.05, 0.1) is 19.3 Å². The van der Waals surface area contributed by atoms with Gasteiger partial charge in [-0.15, -0.1) is 4.36 Å². The smallest absolute Gasteiger partial charge is 0.354 e. The van der Waals surface area contributed by atoms with Crippen molar-refractivity contribution in [1.29, 1.82) is 0 Å². The number of carbonyl (C=O) groups is 1. The summed E-state index contributed by atoms with van der Waals surface area (Å²) in [6, 6.07) is 1.55. The molecule has 5 rings (SSSR count). The van der Waals surface area contributed by atoms with Gasteiger partial charge in [0.1, 0.15) is 11.0 Å². The predicted octanol–water partition coefficient (Wildman–Crippen LogP) is 2.37. The standard InChI is InChI=1S/C20H25N5O4S/c1-11-6-13-7-12-4-3-5-15(12)18(17(11)13)23-20(26)24-30(21,27)16-8-22-25-9-14(10-28-2)29-19(16)25/h7-8,11,14H,3-6,9-10H2,1-2H3,(H3,21,23,24,26,27). The molecular formula is C20H25N5O4S. The summed E-state index contributed by atoms with van der Waals surface area (Å²) in [5.41, 5.74) is 5.74. The van der Waals surface area contributed by atoms with Crippen molar-refractivity contribution < 1.29 is 18.5 Å². The number of aryl methyl sites for hydroxylation is 1. The van der Waals surface area contributed by atoms with Gasteiger partial charge in [0.15, 0.2) is 9.92 Å². The van der Waals surface area contributed by atoms with Crippen LogP contribution in [0.1, 0.15) is 41.5 Å². The summed E-state index contributed by atoms with van der Waals surface area (Å²) in [6.45, 7) is 2.98. The maximum atomic E-state index is 13.1. The number of hydrogen-bond donors (Lipinski definition) is 2. The van der Waals surface area contributed by atoms with Crippen LogP contribution in [0, 0.1) is 0 Å². The average Bonchev–Trinajstić information content (AvgIpc) is 3.35. The quantitative estimate of drug-likeness (QED) is 0.770. The van der Waals surface area contributed by atoms with Crippen LogP contribution in [0.25, 0.3) is 0 Å². The zero-order valence-corrected chi connectivity index (χ0v) is 17.8. The number of urea groups is 1. The van der Waals surface area contributed by atoms with Crippen LogP contribution in [0.5, 0.6) is 5.88 Å². The van der Waals surface area contributed by atoms with Gasteiger partial charge in [-0.25, -0.2) is 18.8 Å². The first-order chi connectivity index (χ1) is 14.4. The molecule has 1 aromatic carbocycles. The number of nitrogens with two attached hydrogens (primary N) is 1. The molecule has 10 heteroatoms. The van der Waals surface area contributed by atoms with Crippen molar-refractivity contribution in [2.45, 2.75) is 56.1 Å². The van der Waals surface area contributed by atoms with Gasteiger partial charge in [0.25, 0.3) is 0 Å². The maximum Gasteiger partial charge on any atom is 0.354 e. The second-order valence-electron chi connectivity index (χ2n) is 8.20. The summed E-state index contributed by atoms with van der Waals surface area (Å²) in [7, 11) is -1.94. The molecule has 3 atom stereocenters. The van der Waals surface area contributed by atoms with Crippen LogP contribution < -0.4 is 15.2 Å². The SMILES string of the molecule is COCC1Cn2ncc(S(N)(=O)=NC(=O)Nc3c4c(cc5c3C(C)C5)CCC4)c2O1. The fraction of sp³-hybridized carbons (Fsp3) is 0.500. The normalized spacial score (nSPS) is 22.9. The molecule has 30 heavy (non-hydrogen) atoms. The van der Waals surface area contributed by atoms with Crippen molar-refractivity contribution in [3.05, 3.63) is 34.5 Å². The molecule has 3 N–H and O–H groups in total. The first-order valence-corrected chi connectivity index (χ1v) is 11.7. The highest BCUT2D eigenvalue weighted by Crippen LogP contribution is 2.45. The molecule has 2 amide bonds. The Morgan fingerprint density at radius 3 is 3.07 bits per heavy atom. The Morgan fingerprint density at radius 2 is 2.30 bits per heavy atom. The number of ether oxygens (including phenoxy) is 2. The van der Waals surface area contributed by atoms with Crippen LogP contribution in [0.4, 0.5) is 10.5 Å². The van der Waals surface area contributed by atoms with E-state index >= 15 is 0 Å². The number of carbonyl (C=O) groups excluding carboxylic acids is 1. The largest absolute Gasteiger partial charge is 0.469 e. The topological polar surface area (TPSA) is 121 Å². The molecular weight excluding hydrogens is 406 g/mol. The number of methoxy groups -OCH3 is 1. The van der Waals surface area contributed by atoms with E-state index < -0.39 is 15.9 Å². The molecule has 3 unspecified atom stereocenters. The van der Waals surface area contributed by atoms with Gasteiger partial charge in [-0.2, -0.15) is 5.10 Å². The van der Waals surface area contributed by atoms with Crippen molar-refractivity contribution in [2.75, 3.05) is 19.0 Å². The number of benzene rings is 1. The van der Waals surface area contributed by atoms with E-state index in [-0.39, 0.29) is 16.9 Å². The summed E-state index contributed by atoms with van der Waals surface area (Å²) in [5, 5.41) is 13.0. The molecule has 2 aromatic rings. The first kappa shape index (κ1) is 19.5. The monoisotopic (exact) mass is 431 g/mol. The fourth-order valence-corrected chi connectivity index (χ4v) is 5.76. The number of amides is 2. The highest BCUT2D eigenvalue weighted by atomic mass is 32.2. The van der Waals surface area contributed by atoms with Crippen molar-refractivity contribution >= 4 is 21.6 Å². The third-order valence-electron chi connectivity index (χ3n) is 6.08. The average molecular weight is 432 g/mol. The second kappa shape index (κ2) is 7.07. The van der Waals surface area contributed by atoms with Crippen LogP contribution in [-0.2, 0) is 40.5 Å². The molecule has 3 aliphatic rings. The number of aromatic nitrogens is 2. The van der Waals surface area contributed by atoms with Gasteiger partial charge in [-0.05, 0) is 53.9 Å². The Hall–Kier alpha value is -2.43. The molecule has 0 saturated carbocycles. The Morgan fingerprint density at radius 1 is 1.47 bits per heavy atom. The van der Waals surface area contributed by atoms with Crippen LogP contribution in [-0.4, -0.2) is 39.8 Å².